The Bertz CT molecular complexity index is 742. The molecule has 4 nitrogen and oxygen atoms in total. The Morgan fingerprint density at radius 2 is 1.47 bits per heavy atom. The van der Waals surface area contributed by atoms with E-state index in [4.69, 9.17) is 4.52 Å². The minimum Gasteiger partial charge on any atom is -0.479 e. The van der Waals surface area contributed by atoms with E-state index in [1.165, 1.54) is 0 Å². The number of aromatic hydroxyl groups is 1. The molecular weight excluding hydrogens is 242 g/mol. The SMILES string of the molecule is O=c1c(-c2ccccc2)c(O)on1-c1ccccc1. The molecule has 0 radical (unpaired) electrons. The molecule has 0 spiro atoms. The molecule has 1 N–H and O–H groups in total. The van der Waals surface area contributed by atoms with Crippen molar-refractivity contribution >= 4 is 0 Å². The molecule has 3 rings (SSSR count). The second-order valence-corrected chi connectivity index (χ2v) is 4.07. The summed E-state index contributed by atoms with van der Waals surface area (Å²) in [7, 11) is 0. The maximum atomic E-state index is 12.3. The highest BCUT2D eigenvalue weighted by Crippen LogP contribution is 2.26. The Balaban J connectivity index is 2.20. The van der Waals surface area contributed by atoms with Gasteiger partial charge in [-0.2, -0.15) is 0 Å². The maximum absolute atomic E-state index is 12.3. The molecule has 0 saturated carbocycles. The second-order valence-electron chi connectivity index (χ2n) is 4.07. The number of benzene rings is 2. The Kier molecular flexibility index (Phi) is 2.68. The lowest BCUT2D eigenvalue weighted by Crippen LogP contribution is -2.13. The molecule has 0 atom stereocenters. The highest BCUT2D eigenvalue weighted by atomic mass is 16.6. The summed E-state index contributed by atoms with van der Waals surface area (Å²) in [5, 5.41) is 9.84. The van der Waals surface area contributed by atoms with Crippen molar-refractivity contribution in [3.63, 3.8) is 0 Å². The van der Waals surface area contributed by atoms with E-state index in [0.29, 0.717) is 11.3 Å². The largest absolute Gasteiger partial charge is 0.479 e. The van der Waals surface area contributed by atoms with E-state index in [1.54, 1.807) is 48.5 Å². The van der Waals surface area contributed by atoms with Crippen molar-refractivity contribution in [3.05, 3.63) is 71.0 Å². The molecule has 1 heterocycles. The van der Waals surface area contributed by atoms with E-state index in [-0.39, 0.29) is 17.1 Å². The van der Waals surface area contributed by atoms with Gasteiger partial charge in [-0.05, 0) is 17.7 Å². The molecule has 1 aromatic heterocycles. The van der Waals surface area contributed by atoms with Gasteiger partial charge in [0, 0.05) is 0 Å². The van der Waals surface area contributed by atoms with Crippen molar-refractivity contribution in [2.24, 2.45) is 0 Å². The van der Waals surface area contributed by atoms with Crippen molar-refractivity contribution in [1.82, 2.24) is 4.74 Å². The fourth-order valence-corrected chi connectivity index (χ4v) is 1.95. The topological polar surface area (TPSA) is 55.4 Å². The van der Waals surface area contributed by atoms with Crippen LogP contribution in [0.15, 0.2) is 70.0 Å². The molecule has 19 heavy (non-hydrogen) atoms. The first-order valence-electron chi connectivity index (χ1n) is 5.83. The van der Waals surface area contributed by atoms with Crippen molar-refractivity contribution in [3.8, 4) is 22.8 Å². The molecule has 0 fully saturated rings. The van der Waals surface area contributed by atoms with Crippen molar-refractivity contribution < 1.29 is 9.63 Å². The predicted molar refractivity (Wildman–Crippen MR) is 71.4 cm³/mol. The summed E-state index contributed by atoms with van der Waals surface area (Å²) in [6.07, 6.45) is 0. The maximum Gasteiger partial charge on any atom is 0.318 e. The fraction of sp³-hybridized carbons (Fsp3) is 0. The normalized spacial score (nSPS) is 10.5. The zero-order chi connectivity index (χ0) is 13.2. The van der Waals surface area contributed by atoms with Crippen LogP contribution >= 0.6 is 0 Å². The van der Waals surface area contributed by atoms with Gasteiger partial charge >= 0.3 is 5.95 Å². The van der Waals surface area contributed by atoms with Crippen LogP contribution in [-0.2, 0) is 0 Å². The summed E-state index contributed by atoms with van der Waals surface area (Å²) >= 11 is 0. The zero-order valence-corrected chi connectivity index (χ0v) is 9.98. The zero-order valence-electron chi connectivity index (χ0n) is 9.98. The lowest BCUT2D eigenvalue weighted by molar-refractivity contribution is 0.240. The summed E-state index contributed by atoms with van der Waals surface area (Å²) in [6.45, 7) is 0. The van der Waals surface area contributed by atoms with Crippen molar-refractivity contribution in [1.29, 1.82) is 0 Å². The quantitative estimate of drug-likeness (QED) is 0.764. The monoisotopic (exact) mass is 253 g/mol. The Hall–Kier alpha value is -2.75. The Morgan fingerprint density at radius 3 is 2.11 bits per heavy atom. The number of rotatable bonds is 2. The first-order chi connectivity index (χ1) is 9.27. The van der Waals surface area contributed by atoms with Gasteiger partial charge in [-0.1, -0.05) is 48.5 Å². The summed E-state index contributed by atoms with van der Waals surface area (Å²) in [4.78, 5) is 12.3. The first-order valence-corrected chi connectivity index (χ1v) is 5.83. The van der Waals surface area contributed by atoms with Crippen LogP contribution in [-0.4, -0.2) is 9.85 Å². The molecule has 0 unspecified atom stereocenters. The predicted octanol–water partition coefficient (Wildman–Crippen LogP) is 2.80. The number of nitrogens with zero attached hydrogens (tertiary/aromatic N) is 1. The molecule has 0 aliphatic carbocycles. The molecule has 0 bridgehead atoms. The standard InChI is InChI=1S/C15H11NO3/c17-14-13(11-7-3-1-4-8-11)15(18)19-16(14)12-9-5-2-6-10-12/h1-10,18H. The number of hydrogen-bond acceptors (Lipinski definition) is 3. The van der Waals surface area contributed by atoms with Crippen LogP contribution in [0.3, 0.4) is 0 Å². The van der Waals surface area contributed by atoms with Crippen LogP contribution in [0.4, 0.5) is 0 Å². The van der Waals surface area contributed by atoms with Crippen molar-refractivity contribution in [2.75, 3.05) is 0 Å². The minimum absolute atomic E-state index is 0.171. The molecular formula is C15H11NO3. The highest BCUT2D eigenvalue weighted by molar-refractivity contribution is 5.66. The number of para-hydroxylation sites is 1. The fourth-order valence-electron chi connectivity index (χ4n) is 1.95. The average molecular weight is 253 g/mol. The molecule has 0 amide bonds. The average Bonchev–Trinajstić information content (AvgIpc) is 2.76. The van der Waals surface area contributed by atoms with Crippen LogP contribution in [0, 0.1) is 0 Å². The van der Waals surface area contributed by atoms with E-state index in [2.05, 4.69) is 0 Å². The van der Waals surface area contributed by atoms with E-state index >= 15 is 0 Å². The number of hydrogen-bond donors (Lipinski definition) is 1. The molecule has 2 aromatic carbocycles. The van der Waals surface area contributed by atoms with Gasteiger partial charge in [0.25, 0.3) is 5.56 Å². The van der Waals surface area contributed by atoms with E-state index < -0.39 is 0 Å². The highest BCUT2D eigenvalue weighted by Gasteiger charge is 2.18. The molecule has 4 heteroatoms. The minimum atomic E-state index is -0.380. The molecule has 0 aliphatic heterocycles. The van der Waals surface area contributed by atoms with Gasteiger partial charge in [-0.3, -0.25) is 4.79 Å². The molecule has 3 aromatic rings. The van der Waals surface area contributed by atoms with Crippen molar-refractivity contribution in [2.45, 2.75) is 0 Å². The Labute approximate surface area is 109 Å². The van der Waals surface area contributed by atoms with E-state index in [0.717, 1.165) is 4.74 Å². The number of aromatic nitrogens is 1. The van der Waals surface area contributed by atoms with Crippen LogP contribution in [0.1, 0.15) is 0 Å². The molecule has 94 valence electrons. The summed E-state index contributed by atoms with van der Waals surface area (Å²) in [6, 6.07) is 17.8. The van der Waals surface area contributed by atoms with Gasteiger partial charge in [0.15, 0.2) is 0 Å². The second kappa shape index (κ2) is 4.49. The third-order valence-electron chi connectivity index (χ3n) is 2.84. The third-order valence-corrected chi connectivity index (χ3v) is 2.84. The molecule has 0 aliphatic rings. The first kappa shape index (κ1) is 11.3. The van der Waals surface area contributed by atoms with Gasteiger partial charge < -0.3 is 9.63 Å². The van der Waals surface area contributed by atoms with Gasteiger partial charge in [0.05, 0.1) is 5.69 Å². The van der Waals surface area contributed by atoms with Crippen LogP contribution in [0.5, 0.6) is 5.95 Å². The summed E-state index contributed by atoms with van der Waals surface area (Å²) in [5.74, 6) is -0.375. The Morgan fingerprint density at radius 1 is 0.895 bits per heavy atom. The summed E-state index contributed by atoms with van der Waals surface area (Å²) < 4.78 is 6.23. The van der Waals surface area contributed by atoms with Crippen LogP contribution in [0.2, 0.25) is 0 Å². The van der Waals surface area contributed by atoms with Gasteiger partial charge in [0.2, 0.25) is 0 Å². The van der Waals surface area contributed by atoms with Crippen LogP contribution < -0.4 is 5.56 Å². The van der Waals surface area contributed by atoms with E-state index in [9.17, 15) is 9.90 Å². The van der Waals surface area contributed by atoms with Gasteiger partial charge in [-0.15, -0.1) is 4.74 Å². The smallest absolute Gasteiger partial charge is 0.318 e. The van der Waals surface area contributed by atoms with Gasteiger partial charge in [0.1, 0.15) is 5.56 Å². The summed E-state index contributed by atoms with van der Waals surface area (Å²) in [5.41, 5.74) is 0.993. The lowest BCUT2D eigenvalue weighted by Gasteiger charge is -1.96. The lowest BCUT2D eigenvalue weighted by atomic mass is 10.1. The van der Waals surface area contributed by atoms with Crippen LogP contribution in [0.25, 0.3) is 16.8 Å². The third kappa shape index (κ3) is 1.93. The van der Waals surface area contributed by atoms with Gasteiger partial charge in [-0.25, -0.2) is 0 Å². The molecule has 0 saturated heterocycles. The van der Waals surface area contributed by atoms with E-state index in [1.807, 2.05) is 12.1 Å².